The molecule has 0 aromatic carbocycles. The average molecular weight is 120 g/mol. The SMILES string of the molecule is CN1C(=O)CC1Cl. The number of rotatable bonds is 0. The minimum atomic E-state index is -0.0347. The number of carbonyl (C=O) groups excluding carboxylic acids is 1. The second-order valence-corrected chi connectivity index (χ2v) is 2.15. The minimum absolute atomic E-state index is 0.0347. The van der Waals surface area contributed by atoms with Crippen molar-refractivity contribution in [3.8, 4) is 0 Å². The predicted molar refractivity (Wildman–Crippen MR) is 27.0 cm³/mol. The minimum Gasteiger partial charge on any atom is -0.329 e. The molecule has 0 aliphatic carbocycles. The Morgan fingerprint density at radius 3 is 2.57 bits per heavy atom. The zero-order valence-corrected chi connectivity index (χ0v) is 4.77. The molecular weight excluding hydrogens is 114 g/mol. The van der Waals surface area contributed by atoms with Gasteiger partial charge < -0.3 is 4.90 Å². The van der Waals surface area contributed by atoms with Crippen LogP contribution in [-0.2, 0) is 4.79 Å². The molecule has 1 rings (SSSR count). The van der Waals surface area contributed by atoms with Gasteiger partial charge in [0.25, 0.3) is 0 Å². The molecule has 1 saturated heterocycles. The molecular formula is C4H6ClNO. The molecule has 0 spiro atoms. The van der Waals surface area contributed by atoms with E-state index in [-0.39, 0.29) is 11.4 Å². The maximum absolute atomic E-state index is 10.3. The number of β-lactam (4-membered cyclic amide) rings is 1. The maximum atomic E-state index is 10.3. The highest BCUT2D eigenvalue weighted by Gasteiger charge is 2.29. The molecule has 1 aliphatic heterocycles. The van der Waals surface area contributed by atoms with Crippen LogP contribution in [-0.4, -0.2) is 23.4 Å². The van der Waals surface area contributed by atoms with Crippen molar-refractivity contribution in [3.05, 3.63) is 0 Å². The van der Waals surface area contributed by atoms with Gasteiger partial charge in [0.15, 0.2) is 0 Å². The zero-order chi connectivity index (χ0) is 5.44. The second-order valence-electron chi connectivity index (χ2n) is 1.64. The molecule has 0 bridgehead atoms. The molecule has 0 radical (unpaired) electrons. The number of likely N-dealkylation sites (tertiary alicyclic amines) is 1. The molecule has 1 fully saturated rings. The van der Waals surface area contributed by atoms with Gasteiger partial charge in [-0.25, -0.2) is 0 Å². The molecule has 0 aromatic rings. The van der Waals surface area contributed by atoms with Crippen molar-refractivity contribution in [1.82, 2.24) is 4.90 Å². The van der Waals surface area contributed by atoms with E-state index in [1.165, 1.54) is 4.90 Å². The number of amides is 1. The Balaban J connectivity index is 2.43. The van der Waals surface area contributed by atoms with Crippen LogP contribution in [0.3, 0.4) is 0 Å². The van der Waals surface area contributed by atoms with Crippen molar-refractivity contribution in [2.75, 3.05) is 7.05 Å². The van der Waals surface area contributed by atoms with Crippen LogP contribution in [0, 0.1) is 0 Å². The fourth-order valence-corrected chi connectivity index (χ4v) is 0.710. The molecule has 7 heavy (non-hydrogen) atoms. The van der Waals surface area contributed by atoms with Crippen LogP contribution in [0.5, 0.6) is 0 Å². The van der Waals surface area contributed by atoms with E-state index < -0.39 is 0 Å². The molecule has 1 atom stereocenters. The Hall–Kier alpha value is -0.240. The third-order valence-corrected chi connectivity index (χ3v) is 1.60. The van der Waals surface area contributed by atoms with Crippen LogP contribution in [0.1, 0.15) is 6.42 Å². The van der Waals surface area contributed by atoms with Gasteiger partial charge in [0.05, 0.1) is 6.42 Å². The topological polar surface area (TPSA) is 20.3 Å². The van der Waals surface area contributed by atoms with Crippen molar-refractivity contribution in [2.24, 2.45) is 0 Å². The summed E-state index contributed by atoms with van der Waals surface area (Å²) >= 11 is 5.50. The van der Waals surface area contributed by atoms with E-state index in [1.807, 2.05) is 0 Å². The summed E-state index contributed by atoms with van der Waals surface area (Å²) in [6.45, 7) is 0. The molecule has 3 heteroatoms. The monoisotopic (exact) mass is 119 g/mol. The molecule has 0 aromatic heterocycles. The number of nitrogens with zero attached hydrogens (tertiary/aromatic N) is 1. The van der Waals surface area contributed by atoms with E-state index in [2.05, 4.69) is 0 Å². The van der Waals surface area contributed by atoms with Crippen molar-refractivity contribution < 1.29 is 4.79 Å². The lowest BCUT2D eigenvalue weighted by atomic mass is 10.2. The van der Waals surface area contributed by atoms with Crippen molar-refractivity contribution in [1.29, 1.82) is 0 Å². The summed E-state index contributed by atoms with van der Waals surface area (Å²) in [4.78, 5) is 11.8. The van der Waals surface area contributed by atoms with Crippen LogP contribution in [0.2, 0.25) is 0 Å². The molecule has 1 aliphatic rings. The fraction of sp³-hybridized carbons (Fsp3) is 0.750. The lowest BCUT2D eigenvalue weighted by Gasteiger charge is -2.31. The normalized spacial score (nSPS) is 30.3. The van der Waals surface area contributed by atoms with Gasteiger partial charge in [0, 0.05) is 7.05 Å². The standard InChI is InChI=1S/C4H6ClNO/c1-6-3(5)2-4(6)7/h3H,2H2,1H3. The fourth-order valence-electron chi connectivity index (χ4n) is 0.469. The zero-order valence-electron chi connectivity index (χ0n) is 4.02. The molecule has 1 unspecified atom stereocenters. The van der Waals surface area contributed by atoms with Crippen molar-refractivity contribution in [2.45, 2.75) is 11.9 Å². The Morgan fingerprint density at radius 1 is 2.00 bits per heavy atom. The van der Waals surface area contributed by atoms with Crippen molar-refractivity contribution in [3.63, 3.8) is 0 Å². The van der Waals surface area contributed by atoms with Crippen LogP contribution in [0.4, 0.5) is 0 Å². The first-order valence-electron chi connectivity index (χ1n) is 2.11. The average Bonchev–Trinajstić information content (AvgIpc) is 1.68. The van der Waals surface area contributed by atoms with Gasteiger partial charge in [-0.05, 0) is 0 Å². The third kappa shape index (κ3) is 0.589. The van der Waals surface area contributed by atoms with Gasteiger partial charge in [-0.1, -0.05) is 11.6 Å². The highest BCUT2D eigenvalue weighted by Crippen LogP contribution is 2.18. The van der Waals surface area contributed by atoms with E-state index in [0.717, 1.165) is 0 Å². The summed E-state index contributed by atoms with van der Waals surface area (Å²) in [5, 5.41) is 0. The molecule has 40 valence electrons. The van der Waals surface area contributed by atoms with Gasteiger partial charge in [0.1, 0.15) is 5.50 Å². The van der Waals surface area contributed by atoms with Gasteiger partial charge in [-0.15, -0.1) is 0 Å². The largest absolute Gasteiger partial charge is 0.329 e. The Morgan fingerprint density at radius 2 is 2.57 bits per heavy atom. The Kier molecular flexibility index (Phi) is 0.961. The van der Waals surface area contributed by atoms with E-state index in [0.29, 0.717) is 6.42 Å². The highest BCUT2D eigenvalue weighted by atomic mass is 35.5. The Labute approximate surface area is 47.1 Å². The summed E-state index contributed by atoms with van der Waals surface area (Å²) in [6, 6.07) is 0. The number of carbonyl (C=O) groups is 1. The van der Waals surface area contributed by atoms with Crippen LogP contribution >= 0.6 is 11.6 Å². The first-order chi connectivity index (χ1) is 3.22. The number of hydrogen-bond donors (Lipinski definition) is 0. The summed E-state index contributed by atoms with van der Waals surface area (Å²) in [5.41, 5.74) is -0.0347. The van der Waals surface area contributed by atoms with Gasteiger partial charge in [-0.2, -0.15) is 0 Å². The number of halogens is 1. The summed E-state index contributed by atoms with van der Waals surface area (Å²) in [6.07, 6.45) is 0.512. The quantitative estimate of drug-likeness (QED) is 0.257. The van der Waals surface area contributed by atoms with E-state index >= 15 is 0 Å². The molecule has 0 N–H and O–H groups in total. The first kappa shape index (κ1) is 4.91. The van der Waals surface area contributed by atoms with E-state index in [9.17, 15) is 4.79 Å². The number of hydrogen-bond acceptors (Lipinski definition) is 1. The van der Waals surface area contributed by atoms with E-state index in [1.54, 1.807) is 7.05 Å². The third-order valence-electron chi connectivity index (χ3n) is 1.16. The van der Waals surface area contributed by atoms with Gasteiger partial charge >= 0.3 is 0 Å². The highest BCUT2D eigenvalue weighted by molar-refractivity contribution is 6.24. The smallest absolute Gasteiger partial charge is 0.226 e. The lowest BCUT2D eigenvalue weighted by molar-refractivity contribution is -0.139. The second kappa shape index (κ2) is 1.37. The molecule has 1 heterocycles. The van der Waals surface area contributed by atoms with Crippen LogP contribution in [0.25, 0.3) is 0 Å². The summed E-state index contributed by atoms with van der Waals surface area (Å²) in [5.74, 6) is 0.139. The summed E-state index contributed by atoms with van der Waals surface area (Å²) in [7, 11) is 1.70. The van der Waals surface area contributed by atoms with Gasteiger partial charge in [0.2, 0.25) is 5.91 Å². The molecule has 2 nitrogen and oxygen atoms in total. The van der Waals surface area contributed by atoms with Crippen LogP contribution in [0.15, 0.2) is 0 Å². The molecule has 1 amide bonds. The predicted octanol–water partition coefficient (Wildman–Crippen LogP) is 0.413. The Bertz CT molecular complexity index is 104. The number of alkyl halides is 1. The lowest BCUT2D eigenvalue weighted by Crippen LogP contribution is -2.46. The molecule has 0 saturated carbocycles. The van der Waals surface area contributed by atoms with E-state index in [4.69, 9.17) is 11.6 Å². The van der Waals surface area contributed by atoms with Gasteiger partial charge in [-0.3, -0.25) is 4.79 Å². The summed E-state index contributed by atoms with van der Waals surface area (Å²) < 4.78 is 0. The van der Waals surface area contributed by atoms with Crippen molar-refractivity contribution >= 4 is 17.5 Å². The van der Waals surface area contributed by atoms with Crippen LogP contribution < -0.4 is 0 Å². The first-order valence-corrected chi connectivity index (χ1v) is 2.55. The maximum Gasteiger partial charge on any atom is 0.226 e.